The van der Waals surface area contributed by atoms with Crippen molar-refractivity contribution in [1.29, 1.82) is 0 Å². The van der Waals surface area contributed by atoms with Crippen LogP contribution in [-0.2, 0) is 11.2 Å². The number of hydrogen-bond acceptors (Lipinski definition) is 3. The maximum absolute atomic E-state index is 12.2. The van der Waals surface area contributed by atoms with E-state index in [0.717, 1.165) is 32.1 Å². The third-order valence-electron chi connectivity index (χ3n) is 4.64. The van der Waals surface area contributed by atoms with E-state index in [4.69, 9.17) is 5.73 Å². The molecule has 4 nitrogen and oxygen atoms in total. The molecule has 25 heavy (non-hydrogen) atoms. The van der Waals surface area contributed by atoms with Crippen molar-refractivity contribution in [2.45, 2.75) is 70.9 Å². The molecule has 1 aliphatic carbocycles. The maximum Gasteiger partial charge on any atom is 0.220 e. The Bertz CT molecular complexity index is 549. The van der Waals surface area contributed by atoms with Crippen molar-refractivity contribution in [3.63, 3.8) is 0 Å². The summed E-state index contributed by atoms with van der Waals surface area (Å²) in [7, 11) is 0. The minimum atomic E-state index is -0.0275. The summed E-state index contributed by atoms with van der Waals surface area (Å²) in [6.45, 7) is 4.36. The Kier molecular flexibility index (Phi) is 9.15. The average molecular weight is 367 g/mol. The summed E-state index contributed by atoms with van der Waals surface area (Å²) >= 11 is 0. The maximum atomic E-state index is 12.2. The van der Waals surface area contributed by atoms with Crippen molar-refractivity contribution >= 4 is 24.1 Å². The topological polar surface area (TPSA) is 72.2 Å². The predicted octanol–water partition coefficient (Wildman–Crippen LogP) is 3.66. The molecule has 140 valence electrons. The van der Waals surface area contributed by atoms with Gasteiger partial charge in [-0.3, -0.25) is 9.59 Å². The number of ketones is 1. The summed E-state index contributed by atoms with van der Waals surface area (Å²) < 4.78 is 0. The van der Waals surface area contributed by atoms with E-state index < -0.39 is 0 Å². The molecule has 0 unspecified atom stereocenters. The van der Waals surface area contributed by atoms with E-state index >= 15 is 0 Å². The summed E-state index contributed by atoms with van der Waals surface area (Å²) in [6.07, 6.45) is 5.36. The van der Waals surface area contributed by atoms with E-state index in [-0.39, 0.29) is 49.0 Å². The Balaban J connectivity index is 0.00000312. The van der Waals surface area contributed by atoms with E-state index in [0.29, 0.717) is 11.5 Å². The quantitative estimate of drug-likeness (QED) is 0.723. The van der Waals surface area contributed by atoms with E-state index in [1.165, 1.54) is 5.56 Å². The van der Waals surface area contributed by atoms with Crippen LogP contribution >= 0.6 is 12.4 Å². The van der Waals surface area contributed by atoms with Gasteiger partial charge in [-0.05, 0) is 43.6 Å². The highest BCUT2D eigenvalue weighted by Crippen LogP contribution is 2.17. The Morgan fingerprint density at radius 1 is 1.08 bits per heavy atom. The standard InChI is InChI=1S/C20H30N2O2.ClH/c1-14(2)13-15-3-5-16(6-4-15)19(23)11-12-20(24)22-18-9-7-17(21)8-10-18;/h3-6,14,17-18H,7-13,21H2,1-2H3,(H,22,24);1H. The third kappa shape index (κ3) is 7.57. The summed E-state index contributed by atoms with van der Waals surface area (Å²) in [5, 5.41) is 3.03. The van der Waals surface area contributed by atoms with Crippen LogP contribution in [0.1, 0.15) is 68.3 Å². The van der Waals surface area contributed by atoms with Gasteiger partial charge in [0.2, 0.25) is 5.91 Å². The molecular weight excluding hydrogens is 336 g/mol. The lowest BCUT2D eigenvalue weighted by atomic mass is 9.91. The number of carbonyl (C=O) groups is 2. The predicted molar refractivity (Wildman–Crippen MR) is 104 cm³/mol. The van der Waals surface area contributed by atoms with Crippen LogP contribution in [0.25, 0.3) is 0 Å². The number of halogens is 1. The summed E-state index contributed by atoms with van der Waals surface area (Å²) in [4.78, 5) is 24.2. The fraction of sp³-hybridized carbons (Fsp3) is 0.600. The van der Waals surface area contributed by atoms with Gasteiger partial charge in [0.05, 0.1) is 0 Å². The van der Waals surface area contributed by atoms with E-state index in [9.17, 15) is 9.59 Å². The third-order valence-corrected chi connectivity index (χ3v) is 4.64. The fourth-order valence-corrected chi connectivity index (χ4v) is 3.23. The van der Waals surface area contributed by atoms with Gasteiger partial charge in [0.15, 0.2) is 5.78 Å². The first-order chi connectivity index (χ1) is 11.4. The molecule has 0 heterocycles. The van der Waals surface area contributed by atoms with Crippen LogP contribution in [0.5, 0.6) is 0 Å². The van der Waals surface area contributed by atoms with Gasteiger partial charge in [-0.25, -0.2) is 0 Å². The monoisotopic (exact) mass is 366 g/mol. The summed E-state index contributed by atoms with van der Waals surface area (Å²) in [5.41, 5.74) is 7.81. The normalized spacial score (nSPS) is 20.0. The first kappa shape index (κ1) is 21.7. The second-order valence-electron chi connectivity index (χ2n) is 7.40. The highest BCUT2D eigenvalue weighted by Gasteiger charge is 2.20. The smallest absolute Gasteiger partial charge is 0.220 e. The minimum Gasteiger partial charge on any atom is -0.353 e. The van der Waals surface area contributed by atoms with Gasteiger partial charge in [-0.15, -0.1) is 12.4 Å². The number of carbonyl (C=O) groups excluding carboxylic acids is 2. The van der Waals surface area contributed by atoms with Gasteiger partial charge >= 0.3 is 0 Å². The largest absolute Gasteiger partial charge is 0.353 e. The van der Waals surface area contributed by atoms with Gasteiger partial charge in [0.1, 0.15) is 0 Å². The SMILES string of the molecule is CC(C)Cc1ccc(C(=O)CCC(=O)NC2CCC(N)CC2)cc1.Cl. The molecule has 1 aliphatic rings. The molecule has 0 bridgehead atoms. The van der Waals surface area contributed by atoms with E-state index in [2.05, 4.69) is 19.2 Å². The number of benzene rings is 1. The van der Waals surface area contributed by atoms with Gasteiger partial charge in [0.25, 0.3) is 0 Å². The summed E-state index contributed by atoms with van der Waals surface area (Å²) in [5.74, 6) is 0.608. The van der Waals surface area contributed by atoms with Gasteiger partial charge < -0.3 is 11.1 Å². The molecule has 2 rings (SSSR count). The van der Waals surface area contributed by atoms with Crippen molar-refractivity contribution in [2.75, 3.05) is 0 Å². The minimum absolute atomic E-state index is 0. The molecule has 1 aromatic carbocycles. The zero-order valence-electron chi connectivity index (χ0n) is 15.3. The van der Waals surface area contributed by atoms with Crippen LogP contribution in [0, 0.1) is 5.92 Å². The van der Waals surface area contributed by atoms with Crippen LogP contribution in [-0.4, -0.2) is 23.8 Å². The second-order valence-corrected chi connectivity index (χ2v) is 7.40. The molecule has 0 aliphatic heterocycles. The van der Waals surface area contributed by atoms with E-state index in [1.807, 2.05) is 24.3 Å². The first-order valence-electron chi connectivity index (χ1n) is 9.11. The van der Waals surface area contributed by atoms with E-state index in [1.54, 1.807) is 0 Å². The van der Waals surface area contributed by atoms with Crippen molar-refractivity contribution in [3.05, 3.63) is 35.4 Å². The molecule has 1 aromatic rings. The summed E-state index contributed by atoms with van der Waals surface area (Å²) in [6, 6.07) is 8.28. The molecule has 0 aromatic heterocycles. The van der Waals surface area contributed by atoms with Crippen LogP contribution in [0.4, 0.5) is 0 Å². The van der Waals surface area contributed by atoms with Crippen molar-refractivity contribution in [2.24, 2.45) is 11.7 Å². The van der Waals surface area contributed by atoms with Crippen LogP contribution < -0.4 is 11.1 Å². The first-order valence-corrected chi connectivity index (χ1v) is 9.11. The van der Waals surface area contributed by atoms with Crippen molar-refractivity contribution in [1.82, 2.24) is 5.32 Å². The lowest BCUT2D eigenvalue weighted by Gasteiger charge is -2.26. The van der Waals surface area contributed by atoms with Gasteiger partial charge in [-0.2, -0.15) is 0 Å². The molecule has 3 N–H and O–H groups in total. The lowest BCUT2D eigenvalue weighted by molar-refractivity contribution is -0.122. The molecule has 0 atom stereocenters. The van der Waals surface area contributed by atoms with Crippen molar-refractivity contribution < 1.29 is 9.59 Å². The zero-order chi connectivity index (χ0) is 17.5. The van der Waals surface area contributed by atoms with Crippen molar-refractivity contribution in [3.8, 4) is 0 Å². The molecule has 1 saturated carbocycles. The van der Waals surface area contributed by atoms with Gasteiger partial charge in [-0.1, -0.05) is 38.1 Å². The average Bonchev–Trinajstić information content (AvgIpc) is 2.55. The number of hydrogen-bond donors (Lipinski definition) is 2. The van der Waals surface area contributed by atoms with Gasteiger partial charge in [0, 0.05) is 30.5 Å². The number of nitrogens with two attached hydrogens (primary N) is 1. The number of nitrogens with one attached hydrogen (secondary N) is 1. The molecule has 1 amide bonds. The molecule has 5 heteroatoms. The molecule has 0 spiro atoms. The number of rotatable bonds is 7. The Labute approximate surface area is 157 Å². The van der Waals surface area contributed by atoms with Crippen LogP contribution in [0.3, 0.4) is 0 Å². The highest BCUT2D eigenvalue weighted by molar-refractivity contribution is 5.98. The Morgan fingerprint density at radius 2 is 1.68 bits per heavy atom. The fourth-order valence-electron chi connectivity index (χ4n) is 3.23. The molecular formula is C20H31ClN2O2. The zero-order valence-corrected chi connectivity index (χ0v) is 16.1. The Morgan fingerprint density at radius 3 is 2.24 bits per heavy atom. The number of Topliss-reactive ketones (excluding diaryl/α,β-unsaturated/α-hetero) is 1. The lowest BCUT2D eigenvalue weighted by Crippen LogP contribution is -2.40. The van der Waals surface area contributed by atoms with Crippen LogP contribution in [0.2, 0.25) is 0 Å². The Hall–Kier alpha value is -1.39. The second kappa shape index (κ2) is 10.6. The van der Waals surface area contributed by atoms with Crippen LogP contribution in [0.15, 0.2) is 24.3 Å². The highest BCUT2D eigenvalue weighted by atomic mass is 35.5. The molecule has 1 fully saturated rings. The number of amides is 1. The molecule has 0 radical (unpaired) electrons. The molecule has 0 saturated heterocycles.